The zero-order valence-corrected chi connectivity index (χ0v) is 7.74. The molecule has 1 aromatic carbocycles. The standard InChI is InChI=1S/C10H9ClFN/c11-8-1-2-9(10(12)5-8)7-3-4-13-6-7/h1-3,5,13H,4,6H2. The van der Waals surface area contributed by atoms with Crippen LogP contribution >= 0.6 is 11.6 Å². The molecule has 0 atom stereocenters. The predicted molar refractivity (Wildman–Crippen MR) is 52.3 cm³/mol. The SMILES string of the molecule is Fc1cc(Cl)ccc1C1=CCNC1. The molecular formula is C10H9ClFN. The minimum absolute atomic E-state index is 0.248. The van der Waals surface area contributed by atoms with E-state index in [1.807, 2.05) is 6.08 Å². The molecule has 1 aromatic rings. The van der Waals surface area contributed by atoms with E-state index in [0.29, 0.717) is 10.6 Å². The normalized spacial score (nSPS) is 16.0. The van der Waals surface area contributed by atoms with Crippen molar-refractivity contribution in [1.29, 1.82) is 0 Å². The summed E-state index contributed by atoms with van der Waals surface area (Å²) in [6.45, 7) is 1.55. The van der Waals surface area contributed by atoms with Gasteiger partial charge in [0.1, 0.15) is 5.82 Å². The first kappa shape index (κ1) is 8.73. The Hall–Kier alpha value is -0.860. The molecule has 1 aliphatic rings. The quantitative estimate of drug-likeness (QED) is 0.730. The molecule has 0 saturated heterocycles. The highest BCUT2D eigenvalue weighted by Gasteiger charge is 2.10. The van der Waals surface area contributed by atoms with Gasteiger partial charge in [0.15, 0.2) is 0 Å². The summed E-state index contributed by atoms with van der Waals surface area (Å²) >= 11 is 5.65. The molecule has 0 aromatic heterocycles. The van der Waals surface area contributed by atoms with Crippen molar-refractivity contribution in [2.75, 3.05) is 13.1 Å². The van der Waals surface area contributed by atoms with Crippen LogP contribution in [0.25, 0.3) is 5.57 Å². The third-order valence-corrected chi connectivity index (χ3v) is 2.32. The number of hydrogen-bond acceptors (Lipinski definition) is 1. The van der Waals surface area contributed by atoms with E-state index in [1.165, 1.54) is 6.07 Å². The summed E-state index contributed by atoms with van der Waals surface area (Å²) < 4.78 is 13.3. The van der Waals surface area contributed by atoms with E-state index in [1.54, 1.807) is 12.1 Å². The van der Waals surface area contributed by atoms with Crippen molar-refractivity contribution in [2.24, 2.45) is 0 Å². The Kier molecular flexibility index (Phi) is 2.34. The minimum Gasteiger partial charge on any atom is -0.309 e. The zero-order valence-electron chi connectivity index (χ0n) is 6.98. The average molecular weight is 198 g/mol. The van der Waals surface area contributed by atoms with E-state index < -0.39 is 0 Å². The van der Waals surface area contributed by atoms with E-state index in [4.69, 9.17) is 11.6 Å². The van der Waals surface area contributed by atoms with Gasteiger partial charge in [-0.3, -0.25) is 0 Å². The topological polar surface area (TPSA) is 12.0 Å². The fourth-order valence-corrected chi connectivity index (χ4v) is 1.59. The van der Waals surface area contributed by atoms with Gasteiger partial charge in [0.2, 0.25) is 0 Å². The molecule has 0 radical (unpaired) electrons. The summed E-state index contributed by atoms with van der Waals surface area (Å²) in [6.07, 6.45) is 1.99. The van der Waals surface area contributed by atoms with Crippen LogP contribution in [0.5, 0.6) is 0 Å². The number of nitrogens with one attached hydrogen (secondary N) is 1. The fraction of sp³-hybridized carbons (Fsp3) is 0.200. The van der Waals surface area contributed by atoms with E-state index >= 15 is 0 Å². The van der Waals surface area contributed by atoms with Crippen LogP contribution in [0.2, 0.25) is 5.02 Å². The van der Waals surface area contributed by atoms with Crippen molar-refractivity contribution in [3.05, 3.63) is 40.7 Å². The molecule has 1 aliphatic heterocycles. The van der Waals surface area contributed by atoms with Gasteiger partial charge in [0.25, 0.3) is 0 Å². The van der Waals surface area contributed by atoms with Crippen molar-refractivity contribution in [3.63, 3.8) is 0 Å². The summed E-state index contributed by atoms with van der Waals surface area (Å²) in [5.41, 5.74) is 1.66. The summed E-state index contributed by atoms with van der Waals surface area (Å²) in [5.74, 6) is -0.248. The molecule has 1 heterocycles. The molecule has 0 unspecified atom stereocenters. The third kappa shape index (κ3) is 1.74. The number of rotatable bonds is 1. The monoisotopic (exact) mass is 197 g/mol. The lowest BCUT2D eigenvalue weighted by Crippen LogP contribution is -2.08. The van der Waals surface area contributed by atoms with Crippen molar-refractivity contribution in [2.45, 2.75) is 0 Å². The maximum atomic E-state index is 13.3. The van der Waals surface area contributed by atoms with Crippen LogP contribution in [0.3, 0.4) is 0 Å². The van der Waals surface area contributed by atoms with Gasteiger partial charge >= 0.3 is 0 Å². The molecule has 1 nitrogen and oxygen atoms in total. The highest BCUT2D eigenvalue weighted by Crippen LogP contribution is 2.22. The maximum Gasteiger partial charge on any atom is 0.132 e. The first-order valence-corrected chi connectivity index (χ1v) is 4.50. The Bertz CT molecular complexity index is 360. The van der Waals surface area contributed by atoms with Gasteiger partial charge in [0, 0.05) is 23.7 Å². The largest absolute Gasteiger partial charge is 0.309 e. The molecule has 0 amide bonds. The number of hydrogen-bond donors (Lipinski definition) is 1. The molecule has 0 bridgehead atoms. The summed E-state index contributed by atoms with van der Waals surface area (Å²) in [6, 6.07) is 4.77. The first-order chi connectivity index (χ1) is 6.27. The molecule has 1 N–H and O–H groups in total. The van der Waals surface area contributed by atoms with Crippen molar-refractivity contribution in [1.82, 2.24) is 5.32 Å². The molecule has 0 saturated carbocycles. The van der Waals surface area contributed by atoms with Crippen LogP contribution < -0.4 is 5.32 Å². The highest BCUT2D eigenvalue weighted by molar-refractivity contribution is 6.30. The lowest BCUT2D eigenvalue weighted by atomic mass is 10.1. The van der Waals surface area contributed by atoms with E-state index in [-0.39, 0.29) is 5.82 Å². The molecule has 0 fully saturated rings. The number of benzene rings is 1. The number of halogens is 2. The highest BCUT2D eigenvalue weighted by atomic mass is 35.5. The molecule has 0 aliphatic carbocycles. The van der Waals surface area contributed by atoms with Gasteiger partial charge in [-0.15, -0.1) is 0 Å². The second-order valence-electron chi connectivity index (χ2n) is 2.98. The van der Waals surface area contributed by atoms with Crippen LogP contribution in [-0.2, 0) is 0 Å². The summed E-state index contributed by atoms with van der Waals surface area (Å²) in [5, 5.41) is 3.56. The van der Waals surface area contributed by atoms with Crippen molar-refractivity contribution in [3.8, 4) is 0 Å². The Morgan fingerprint density at radius 1 is 1.38 bits per heavy atom. The minimum atomic E-state index is -0.248. The van der Waals surface area contributed by atoms with Gasteiger partial charge in [-0.25, -0.2) is 4.39 Å². The van der Waals surface area contributed by atoms with E-state index in [2.05, 4.69) is 5.32 Å². The van der Waals surface area contributed by atoms with E-state index in [0.717, 1.165) is 18.7 Å². The molecule has 3 heteroatoms. The van der Waals surface area contributed by atoms with Crippen LogP contribution in [0.4, 0.5) is 4.39 Å². The average Bonchev–Trinajstić information content (AvgIpc) is 2.56. The third-order valence-electron chi connectivity index (χ3n) is 2.09. The Morgan fingerprint density at radius 3 is 2.85 bits per heavy atom. The van der Waals surface area contributed by atoms with Gasteiger partial charge in [-0.2, -0.15) is 0 Å². The Morgan fingerprint density at radius 2 is 2.23 bits per heavy atom. The summed E-state index contributed by atoms with van der Waals surface area (Å²) in [4.78, 5) is 0. The summed E-state index contributed by atoms with van der Waals surface area (Å²) in [7, 11) is 0. The van der Waals surface area contributed by atoms with Gasteiger partial charge in [0.05, 0.1) is 0 Å². The van der Waals surface area contributed by atoms with Crippen molar-refractivity contribution >= 4 is 17.2 Å². The van der Waals surface area contributed by atoms with Gasteiger partial charge in [-0.05, 0) is 17.7 Å². The molecule has 13 heavy (non-hydrogen) atoms. The maximum absolute atomic E-state index is 13.3. The fourth-order valence-electron chi connectivity index (χ4n) is 1.43. The zero-order chi connectivity index (χ0) is 9.26. The molecule has 68 valence electrons. The Balaban J connectivity index is 2.40. The van der Waals surface area contributed by atoms with Gasteiger partial charge < -0.3 is 5.32 Å². The van der Waals surface area contributed by atoms with Crippen LogP contribution in [0.1, 0.15) is 5.56 Å². The second-order valence-corrected chi connectivity index (χ2v) is 3.42. The lowest BCUT2D eigenvalue weighted by Gasteiger charge is -2.03. The van der Waals surface area contributed by atoms with Crippen LogP contribution in [0.15, 0.2) is 24.3 Å². The van der Waals surface area contributed by atoms with Crippen LogP contribution in [-0.4, -0.2) is 13.1 Å². The Labute approximate surface area is 81.2 Å². The second kappa shape index (κ2) is 3.48. The smallest absolute Gasteiger partial charge is 0.132 e. The molecule has 2 rings (SSSR count). The lowest BCUT2D eigenvalue weighted by molar-refractivity contribution is 0.623. The van der Waals surface area contributed by atoms with Gasteiger partial charge in [-0.1, -0.05) is 23.7 Å². The molecular weight excluding hydrogens is 189 g/mol. The van der Waals surface area contributed by atoms with E-state index in [9.17, 15) is 4.39 Å². The molecule has 0 spiro atoms. The first-order valence-electron chi connectivity index (χ1n) is 4.12. The predicted octanol–water partition coefficient (Wildman–Crippen LogP) is 2.47. The van der Waals surface area contributed by atoms with Crippen LogP contribution in [0, 0.1) is 5.82 Å². The van der Waals surface area contributed by atoms with Crippen molar-refractivity contribution < 1.29 is 4.39 Å².